The van der Waals surface area contributed by atoms with Crippen LogP contribution < -0.4 is 0 Å². The zero-order valence-corrected chi connectivity index (χ0v) is 12.2. The first-order valence-electron chi connectivity index (χ1n) is 7.51. The molecule has 3 fully saturated rings. The number of hydrogen-bond acceptors (Lipinski definition) is 1. The molecule has 2 aliphatic carbocycles. The summed E-state index contributed by atoms with van der Waals surface area (Å²) in [7, 11) is 0. The van der Waals surface area contributed by atoms with Gasteiger partial charge in [-0.3, -0.25) is 0 Å². The standard InChI is InChI=1S/C16H28O/c1-11-15(5)9-6-8-14(3,4)13(15)7-10-16(11)12(2)17-16/h11-13H,6-10H2,1-5H3. The smallest absolute Gasteiger partial charge is 0.0976 e. The van der Waals surface area contributed by atoms with Crippen molar-refractivity contribution >= 4 is 0 Å². The Kier molecular flexibility index (Phi) is 2.32. The lowest BCUT2D eigenvalue weighted by Crippen LogP contribution is -2.54. The summed E-state index contributed by atoms with van der Waals surface area (Å²) in [5.74, 6) is 1.64. The molecule has 0 N–H and O–H groups in total. The Hall–Kier alpha value is -0.0400. The van der Waals surface area contributed by atoms with E-state index in [0.29, 0.717) is 16.9 Å². The second-order valence-electron chi connectivity index (χ2n) is 7.88. The highest BCUT2D eigenvalue weighted by Gasteiger charge is 2.67. The van der Waals surface area contributed by atoms with E-state index < -0.39 is 0 Å². The predicted octanol–water partition coefficient (Wildman–Crippen LogP) is 4.41. The summed E-state index contributed by atoms with van der Waals surface area (Å²) in [6.45, 7) is 12.3. The van der Waals surface area contributed by atoms with Crippen LogP contribution in [0.5, 0.6) is 0 Å². The van der Waals surface area contributed by atoms with E-state index in [-0.39, 0.29) is 5.60 Å². The number of hydrogen-bond donors (Lipinski definition) is 0. The minimum Gasteiger partial charge on any atom is -0.366 e. The van der Waals surface area contributed by atoms with Crippen LogP contribution in [0.15, 0.2) is 0 Å². The van der Waals surface area contributed by atoms with Crippen molar-refractivity contribution in [3.63, 3.8) is 0 Å². The Morgan fingerprint density at radius 3 is 2.24 bits per heavy atom. The van der Waals surface area contributed by atoms with E-state index in [9.17, 15) is 0 Å². The fourth-order valence-corrected chi connectivity index (χ4v) is 5.56. The fourth-order valence-electron chi connectivity index (χ4n) is 5.56. The maximum absolute atomic E-state index is 6.04. The average molecular weight is 236 g/mol. The van der Waals surface area contributed by atoms with Crippen molar-refractivity contribution in [1.82, 2.24) is 0 Å². The highest BCUT2D eigenvalue weighted by Crippen LogP contribution is 2.66. The first-order chi connectivity index (χ1) is 7.83. The van der Waals surface area contributed by atoms with Crippen LogP contribution in [0.1, 0.15) is 66.7 Å². The van der Waals surface area contributed by atoms with E-state index in [4.69, 9.17) is 4.74 Å². The van der Waals surface area contributed by atoms with Gasteiger partial charge in [0.2, 0.25) is 0 Å². The molecule has 3 aliphatic rings. The Bertz CT molecular complexity index is 334. The number of epoxide rings is 1. The van der Waals surface area contributed by atoms with Crippen LogP contribution in [0.2, 0.25) is 0 Å². The van der Waals surface area contributed by atoms with Crippen molar-refractivity contribution in [3.05, 3.63) is 0 Å². The van der Waals surface area contributed by atoms with Crippen molar-refractivity contribution < 1.29 is 4.74 Å². The molecule has 5 unspecified atom stereocenters. The molecule has 0 amide bonds. The van der Waals surface area contributed by atoms with Gasteiger partial charge in [-0.15, -0.1) is 0 Å². The van der Waals surface area contributed by atoms with Crippen LogP contribution >= 0.6 is 0 Å². The molecule has 1 spiro atoms. The lowest BCUT2D eigenvalue weighted by Gasteiger charge is -2.58. The Labute approximate surface area is 106 Å². The second-order valence-corrected chi connectivity index (χ2v) is 7.88. The summed E-state index contributed by atoms with van der Waals surface area (Å²) in [4.78, 5) is 0. The van der Waals surface area contributed by atoms with E-state index >= 15 is 0 Å². The fraction of sp³-hybridized carbons (Fsp3) is 1.00. The second kappa shape index (κ2) is 3.29. The number of ether oxygens (including phenoxy) is 1. The van der Waals surface area contributed by atoms with Gasteiger partial charge in [0.25, 0.3) is 0 Å². The summed E-state index contributed by atoms with van der Waals surface area (Å²) in [6, 6.07) is 0. The molecule has 0 aromatic carbocycles. The minimum absolute atomic E-state index is 0.263. The van der Waals surface area contributed by atoms with Gasteiger partial charge in [0.05, 0.1) is 11.7 Å². The monoisotopic (exact) mass is 236 g/mol. The van der Waals surface area contributed by atoms with Crippen molar-refractivity contribution in [1.29, 1.82) is 0 Å². The zero-order valence-electron chi connectivity index (χ0n) is 12.2. The maximum atomic E-state index is 6.04. The quantitative estimate of drug-likeness (QED) is 0.568. The molecule has 1 heterocycles. The molecule has 1 nitrogen and oxygen atoms in total. The van der Waals surface area contributed by atoms with Crippen LogP contribution in [-0.2, 0) is 4.74 Å². The molecular weight excluding hydrogens is 208 g/mol. The first-order valence-corrected chi connectivity index (χ1v) is 7.51. The number of fused-ring (bicyclic) bond motifs is 1. The average Bonchev–Trinajstić information content (AvgIpc) is 2.86. The van der Waals surface area contributed by atoms with Crippen LogP contribution in [0.4, 0.5) is 0 Å². The summed E-state index contributed by atoms with van der Waals surface area (Å²) >= 11 is 0. The first kappa shape index (κ1) is 12.0. The van der Waals surface area contributed by atoms with Gasteiger partial charge in [0, 0.05) is 0 Å². The van der Waals surface area contributed by atoms with E-state index in [1.165, 1.54) is 32.1 Å². The van der Waals surface area contributed by atoms with Gasteiger partial charge < -0.3 is 4.74 Å². The summed E-state index contributed by atoms with van der Waals surface area (Å²) in [5.41, 5.74) is 1.32. The molecule has 2 saturated carbocycles. The lowest BCUT2D eigenvalue weighted by atomic mass is 9.46. The van der Waals surface area contributed by atoms with Crippen LogP contribution in [0.25, 0.3) is 0 Å². The summed E-state index contributed by atoms with van der Waals surface area (Å²) < 4.78 is 6.04. The van der Waals surface area contributed by atoms with Crippen LogP contribution in [-0.4, -0.2) is 11.7 Å². The van der Waals surface area contributed by atoms with Gasteiger partial charge in [-0.25, -0.2) is 0 Å². The molecule has 98 valence electrons. The van der Waals surface area contributed by atoms with E-state index in [2.05, 4.69) is 34.6 Å². The Morgan fingerprint density at radius 1 is 1.00 bits per heavy atom. The van der Waals surface area contributed by atoms with Crippen molar-refractivity contribution in [3.8, 4) is 0 Å². The number of rotatable bonds is 0. The minimum atomic E-state index is 0.263. The molecule has 0 aromatic heterocycles. The topological polar surface area (TPSA) is 12.5 Å². The highest BCUT2D eigenvalue weighted by molar-refractivity contribution is 5.15. The van der Waals surface area contributed by atoms with E-state index in [1.54, 1.807) is 0 Å². The molecule has 1 saturated heterocycles. The van der Waals surface area contributed by atoms with E-state index in [1.807, 2.05) is 0 Å². The molecule has 0 aromatic rings. The van der Waals surface area contributed by atoms with Crippen molar-refractivity contribution in [2.24, 2.45) is 22.7 Å². The van der Waals surface area contributed by atoms with Crippen LogP contribution in [0, 0.1) is 22.7 Å². The molecule has 1 heteroatoms. The zero-order chi connectivity index (χ0) is 12.5. The molecule has 0 radical (unpaired) electrons. The largest absolute Gasteiger partial charge is 0.366 e. The van der Waals surface area contributed by atoms with Gasteiger partial charge in [-0.05, 0) is 55.3 Å². The lowest BCUT2D eigenvalue weighted by molar-refractivity contribution is -0.0982. The van der Waals surface area contributed by atoms with Crippen molar-refractivity contribution in [2.45, 2.75) is 78.4 Å². The van der Waals surface area contributed by atoms with E-state index in [0.717, 1.165) is 11.8 Å². The SMILES string of the molecule is CC1OC12CCC1C(C)(C)CCCC1(C)C2C. The van der Waals surface area contributed by atoms with Gasteiger partial charge in [-0.2, -0.15) is 0 Å². The maximum Gasteiger partial charge on any atom is 0.0976 e. The molecule has 1 aliphatic heterocycles. The van der Waals surface area contributed by atoms with Gasteiger partial charge in [0.1, 0.15) is 0 Å². The molecule has 17 heavy (non-hydrogen) atoms. The highest BCUT2D eigenvalue weighted by atomic mass is 16.6. The third kappa shape index (κ3) is 1.41. The summed E-state index contributed by atoms with van der Waals surface area (Å²) in [6.07, 6.45) is 7.45. The van der Waals surface area contributed by atoms with Gasteiger partial charge >= 0.3 is 0 Å². The molecule has 3 rings (SSSR count). The third-order valence-electron chi connectivity index (χ3n) is 6.85. The molecule has 5 atom stereocenters. The van der Waals surface area contributed by atoms with Crippen LogP contribution in [0.3, 0.4) is 0 Å². The normalized spacial score (nSPS) is 56.6. The third-order valence-corrected chi connectivity index (χ3v) is 6.85. The predicted molar refractivity (Wildman–Crippen MR) is 70.9 cm³/mol. The Morgan fingerprint density at radius 2 is 1.65 bits per heavy atom. The van der Waals surface area contributed by atoms with Gasteiger partial charge in [-0.1, -0.05) is 34.1 Å². The Balaban J connectivity index is 1.94. The molecule has 0 bridgehead atoms. The van der Waals surface area contributed by atoms with Gasteiger partial charge in [0.15, 0.2) is 0 Å². The summed E-state index contributed by atoms with van der Waals surface area (Å²) in [5, 5.41) is 0. The molecular formula is C16H28O. The van der Waals surface area contributed by atoms with Crippen molar-refractivity contribution in [2.75, 3.05) is 0 Å².